The Morgan fingerprint density at radius 1 is 1.12 bits per heavy atom. The maximum Gasteiger partial charge on any atom is 0.0330 e. The number of hydrogen-bond donors (Lipinski definition) is 1. The summed E-state index contributed by atoms with van der Waals surface area (Å²) in [5.74, 6) is 0.735. The maximum atomic E-state index is 5.89. The van der Waals surface area contributed by atoms with Gasteiger partial charge in [-0.1, -0.05) is 6.42 Å². The molecule has 2 unspecified atom stereocenters. The summed E-state index contributed by atoms with van der Waals surface area (Å²) in [6, 6.07) is 0.734. The van der Waals surface area contributed by atoms with Crippen molar-refractivity contribution in [1.82, 2.24) is 9.80 Å². The molecule has 100 valence electrons. The van der Waals surface area contributed by atoms with E-state index in [0.717, 1.165) is 18.5 Å². The number of nitrogens with zero attached hydrogens (tertiary/aromatic N) is 2. The van der Waals surface area contributed by atoms with Crippen molar-refractivity contribution in [2.24, 2.45) is 11.7 Å². The van der Waals surface area contributed by atoms with Crippen LogP contribution in [0.1, 0.15) is 38.5 Å². The number of likely N-dealkylation sites (N-methyl/N-ethyl adjacent to an activating group) is 2. The molecule has 0 amide bonds. The molecule has 2 atom stereocenters. The van der Waals surface area contributed by atoms with Crippen molar-refractivity contribution in [2.75, 3.05) is 34.2 Å². The van der Waals surface area contributed by atoms with E-state index in [9.17, 15) is 0 Å². The van der Waals surface area contributed by atoms with E-state index >= 15 is 0 Å². The van der Waals surface area contributed by atoms with Gasteiger partial charge in [-0.15, -0.1) is 0 Å². The fourth-order valence-electron chi connectivity index (χ4n) is 3.79. The van der Waals surface area contributed by atoms with Crippen molar-refractivity contribution >= 4 is 0 Å². The van der Waals surface area contributed by atoms with Gasteiger partial charge in [0, 0.05) is 18.1 Å². The van der Waals surface area contributed by atoms with Gasteiger partial charge in [0.05, 0.1) is 0 Å². The molecule has 0 aromatic rings. The predicted molar refractivity (Wildman–Crippen MR) is 73.1 cm³/mol. The molecule has 2 aliphatic rings. The van der Waals surface area contributed by atoms with Gasteiger partial charge in [-0.05, 0) is 65.7 Å². The van der Waals surface area contributed by atoms with Gasteiger partial charge in [-0.25, -0.2) is 0 Å². The lowest BCUT2D eigenvalue weighted by Gasteiger charge is -2.50. The van der Waals surface area contributed by atoms with Gasteiger partial charge in [-0.3, -0.25) is 0 Å². The Labute approximate surface area is 106 Å². The Morgan fingerprint density at radius 3 is 2.29 bits per heavy atom. The van der Waals surface area contributed by atoms with Crippen LogP contribution in [0.4, 0.5) is 0 Å². The molecular formula is C14H29N3. The number of rotatable bonds is 5. The molecule has 0 aromatic carbocycles. The molecule has 0 heterocycles. The molecule has 0 bridgehead atoms. The van der Waals surface area contributed by atoms with Crippen molar-refractivity contribution in [3.63, 3.8) is 0 Å². The second kappa shape index (κ2) is 5.25. The summed E-state index contributed by atoms with van der Waals surface area (Å²) < 4.78 is 0. The zero-order valence-electron chi connectivity index (χ0n) is 11.8. The third-order valence-corrected chi connectivity index (χ3v) is 5.26. The molecule has 0 aliphatic heterocycles. The van der Waals surface area contributed by atoms with Crippen LogP contribution in [-0.2, 0) is 0 Å². The van der Waals surface area contributed by atoms with Crippen LogP contribution in [0.3, 0.4) is 0 Å². The molecule has 2 rings (SSSR count). The van der Waals surface area contributed by atoms with E-state index in [0.29, 0.717) is 5.54 Å². The van der Waals surface area contributed by atoms with Crippen molar-refractivity contribution < 1.29 is 0 Å². The molecule has 3 heteroatoms. The summed E-state index contributed by atoms with van der Waals surface area (Å²) in [4.78, 5) is 5.04. The fourth-order valence-corrected chi connectivity index (χ4v) is 3.79. The highest BCUT2D eigenvalue weighted by atomic mass is 15.2. The van der Waals surface area contributed by atoms with E-state index < -0.39 is 0 Å². The first-order valence-corrected chi connectivity index (χ1v) is 7.17. The Kier molecular flexibility index (Phi) is 4.11. The van der Waals surface area contributed by atoms with Crippen LogP contribution < -0.4 is 5.73 Å². The first-order chi connectivity index (χ1) is 8.09. The lowest BCUT2D eigenvalue weighted by atomic mass is 9.75. The first kappa shape index (κ1) is 13.3. The molecule has 2 aliphatic carbocycles. The minimum Gasteiger partial charge on any atom is -0.330 e. The molecule has 2 N–H and O–H groups in total. The van der Waals surface area contributed by atoms with E-state index in [1.165, 1.54) is 45.1 Å². The van der Waals surface area contributed by atoms with Gasteiger partial charge in [0.15, 0.2) is 0 Å². The van der Waals surface area contributed by atoms with Crippen LogP contribution in [0, 0.1) is 5.92 Å². The zero-order chi connectivity index (χ0) is 12.5. The highest BCUT2D eigenvalue weighted by molar-refractivity contribution is 4.99. The fraction of sp³-hybridized carbons (Fsp3) is 1.00. The highest BCUT2D eigenvalue weighted by Gasteiger charge is 2.42. The summed E-state index contributed by atoms with van der Waals surface area (Å²) in [6.45, 7) is 2.09. The van der Waals surface area contributed by atoms with E-state index in [4.69, 9.17) is 5.73 Å². The molecular weight excluding hydrogens is 210 g/mol. The van der Waals surface area contributed by atoms with Crippen LogP contribution in [0.2, 0.25) is 0 Å². The minimum absolute atomic E-state index is 0.455. The van der Waals surface area contributed by atoms with E-state index in [2.05, 4.69) is 30.9 Å². The van der Waals surface area contributed by atoms with Crippen LogP contribution >= 0.6 is 0 Å². The summed E-state index contributed by atoms with van der Waals surface area (Å²) in [5.41, 5.74) is 6.35. The molecule has 0 saturated heterocycles. The van der Waals surface area contributed by atoms with E-state index in [1.807, 2.05) is 0 Å². The third-order valence-electron chi connectivity index (χ3n) is 5.26. The lowest BCUT2D eigenvalue weighted by Crippen LogP contribution is -2.58. The summed E-state index contributed by atoms with van der Waals surface area (Å²) in [6.07, 6.45) is 8.18. The quantitative estimate of drug-likeness (QED) is 0.790. The normalized spacial score (nSPS) is 32.1. The number of hydrogen-bond acceptors (Lipinski definition) is 3. The van der Waals surface area contributed by atoms with Crippen LogP contribution in [0.5, 0.6) is 0 Å². The van der Waals surface area contributed by atoms with Crippen molar-refractivity contribution in [3.05, 3.63) is 0 Å². The second-order valence-electron chi connectivity index (χ2n) is 6.38. The topological polar surface area (TPSA) is 32.5 Å². The van der Waals surface area contributed by atoms with Crippen molar-refractivity contribution in [1.29, 1.82) is 0 Å². The highest BCUT2D eigenvalue weighted by Crippen LogP contribution is 2.38. The van der Waals surface area contributed by atoms with Gasteiger partial charge < -0.3 is 15.5 Å². The van der Waals surface area contributed by atoms with Gasteiger partial charge in [0.1, 0.15) is 0 Å². The van der Waals surface area contributed by atoms with Crippen LogP contribution in [0.25, 0.3) is 0 Å². The first-order valence-electron chi connectivity index (χ1n) is 7.17. The smallest absolute Gasteiger partial charge is 0.0330 e. The molecule has 3 nitrogen and oxygen atoms in total. The van der Waals surface area contributed by atoms with Gasteiger partial charge >= 0.3 is 0 Å². The van der Waals surface area contributed by atoms with E-state index in [-0.39, 0.29) is 0 Å². The third kappa shape index (κ3) is 2.51. The van der Waals surface area contributed by atoms with Crippen molar-refractivity contribution in [2.45, 2.75) is 50.1 Å². The Morgan fingerprint density at radius 2 is 1.82 bits per heavy atom. The lowest BCUT2D eigenvalue weighted by molar-refractivity contribution is 0.0115. The SMILES string of the molecule is CN(CC1(N(C)C)CCC1)C1CCCC1CN. The molecule has 0 radical (unpaired) electrons. The van der Waals surface area contributed by atoms with Crippen LogP contribution in [-0.4, -0.2) is 55.6 Å². The standard InChI is InChI=1S/C14H29N3/c1-16(2)14(8-5-9-14)11-17(3)13-7-4-6-12(13)10-15/h12-13H,4-11,15H2,1-3H3. The largest absolute Gasteiger partial charge is 0.330 e. The zero-order valence-corrected chi connectivity index (χ0v) is 11.8. The number of nitrogens with two attached hydrogens (primary N) is 1. The average molecular weight is 239 g/mol. The summed E-state index contributed by atoms with van der Waals surface area (Å²) in [7, 11) is 6.78. The monoisotopic (exact) mass is 239 g/mol. The van der Waals surface area contributed by atoms with E-state index in [1.54, 1.807) is 0 Å². The predicted octanol–water partition coefficient (Wildman–Crippen LogP) is 1.53. The average Bonchev–Trinajstić information content (AvgIpc) is 2.70. The Hall–Kier alpha value is -0.120. The van der Waals surface area contributed by atoms with Gasteiger partial charge in [-0.2, -0.15) is 0 Å². The summed E-state index contributed by atoms with van der Waals surface area (Å²) >= 11 is 0. The molecule has 2 saturated carbocycles. The maximum absolute atomic E-state index is 5.89. The van der Waals surface area contributed by atoms with Crippen LogP contribution in [0.15, 0.2) is 0 Å². The van der Waals surface area contributed by atoms with Gasteiger partial charge in [0.25, 0.3) is 0 Å². The van der Waals surface area contributed by atoms with Crippen molar-refractivity contribution in [3.8, 4) is 0 Å². The molecule has 0 spiro atoms. The minimum atomic E-state index is 0.455. The Balaban J connectivity index is 1.93. The molecule has 17 heavy (non-hydrogen) atoms. The second-order valence-corrected chi connectivity index (χ2v) is 6.38. The van der Waals surface area contributed by atoms with Gasteiger partial charge in [0.2, 0.25) is 0 Å². The Bertz CT molecular complexity index is 248. The molecule has 2 fully saturated rings. The molecule has 0 aromatic heterocycles. The summed E-state index contributed by atoms with van der Waals surface area (Å²) in [5, 5.41) is 0.